The summed E-state index contributed by atoms with van der Waals surface area (Å²) in [6.07, 6.45) is 0. The van der Waals surface area contributed by atoms with E-state index in [-0.39, 0.29) is 10.8 Å². The van der Waals surface area contributed by atoms with Crippen molar-refractivity contribution in [1.82, 2.24) is 4.98 Å². The summed E-state index contributed by atoms with van der Waals surface area (Å²) in [6, 6.07) is 12.7. The normalized spacial score (nSPS) is 11.2. The van der Waals surface area contributed by atoms with Crippen LogP contribution in [0.3, 0.4) is 0 Å². The van der Waals surface area contributed by atoms with Crippen LogP contribution >= 0.6 is 23.2 Å². The number of fused-ring (bicyclic) bond motifs is 2. The third-order valence-corrected chi connectivity index (χ3v) is 4.19. The van der Waals surface area contributed by atoms with Crippen LogP contribution in [0.25, 0.3) is 22.0 Å². The van der Waals surface area contributed by atoms with E-state index >= 15 is 0 Å². The lowest BCUT2D eigenvalue weighted by molar-refractivity contribution is 0.0998. The molecule has 4 rings (SSSR count). The second-order valence-corrected chi connectivity index (χ2v) is 6.26. The molecule has 4 nitrogen and oxygen atoms in total. The van der Waals surface area contributed by atoms with Gasteiger partial charge in [-0.2, -0.15) is 0 Å². The highest BCUT2D eigenvalue weighted by atomic mass is 35.5. The number of nitrogens with zero attached hydrogens (tertiary/aromatic N) is 1. The van der Waals surface area contributed by atoms with Gasteiger partial charge in [0.2, 0.25) is 5.71 Å². The molecule has 0 atom stereocenters. The number of hydrogen-bond donors (Lipinski definition) is 1. The summed E-state index contributed by atoms with van der Waals surface area (Å²) in [5, 5.41) is 4.67. The maximum atomic E-state index is 13.2. The van der Waals surface area contributed by atoms with Gasteiger partial charge in [-0.25, -0.2) is 9.37 Å². The first-order chi connectivity index (χ1) is 12.0. The van der Waals surface area contributed by atoms with Crippen molar-refractivity contribution in [3.05, 3.63) is 70.2 Å². The number of hydrogen-bond acceptors (Lipinski definition) is 3. The topological polar surface area (TPSA) is 55.1 Å². The molecule has 0 aliphatic rings. The van der Waals surface area contributed by atoms with Gasteiger partial charge < -0.3 is 9.73 Å². The van der Waals surface area contributed by atoms with Crippen molar-refractivity contribution in [2.75, 3.05) is 5.32 Å². The molecule has 2 heterocycles. The van der Waals surface area contributed by atoms with Gasteiger partial charge in [-0.05, 0) is 42.5 Å². The predicted molar refractivity (Wildman–Crippen MR) is 95.9 cm³/mol. The molecule has 4 aromatic rings. The lowest BCUT2D eigenvalue weighted by atomic mass is 10.2. The summed E-state index contributed by atoms with van der Waals surface area (Å²) in [5.41, 5.74) is 1.37. The van der Waals surface area contributed by atoms with Gasteiger partial charge in [0.15, 0.2) is 5.76 Å². The number of aromatic nitrogens is 1. The summed E-state index contributed by atoms with van der Waals surface area (Å²) < 4.78 is 18.7. The van der Waals surface area contributed by atoms with E-state index in [0.29, 0.717) is 27.3 Å². The van der Waals surface area contributed by atoms with E-state index in [9.17, 15) is 9.18 Å². The number of anilines is 1. The summed E-state index contributed by atoms with van der Waals surface area (Å²) in [4.78, 5) is 16.7. The third-order valence-electron chi connectivity index (χ3n) is 3.67. The number of carbonyl (C=O) groups is 1. The molecule has 25 heavy (non-hydrogen) atoms. The van der Waals surface area contributed by atoms with Crippen LogP contribution in [0, 0.1) is 5.82 Å². The van der Waals surface area contributed by atoms with Gasteiger partial charge in [-0.15, -0.1) is 0 Å². The van der Waals surface area contributed by atoms with Gasteiger partial charge in [0.25, 0.3) is 5.91 Å². The zero-order chi connectivity index (χ0) is 17.6. The molecule has 0 aliphatic carbocycles. The van der Waals surface area contributed by atoms with Crippen molar-refractivity contribution in [2.45, 2.75) is 0 Å². The summed E-state index contributed by atoms with van der Waals surface area (Å²) in [5.74, 6) is -0.954. The van der Waals surface area contributed by atoms with Crippen LogP contribution in [0.15, 0.2) is 52.9 Å². The average molecular weight is 375 g/mol. The minimum Gasteiger partial charge on any atom is -0.433 e. The first-order valence-corrected chi connectivity index (χ1v) is 8.01. The standard InChI is InChI=1S/C18H9Cl2FN2O2/c19-11-2-1-9-5-10-6-16(25-18(10)23-15(9)7-11)17(24)22-12-3-4-14(21)13(20)8-12/h1-8H,(H,22,24). The van der Waals surface area contributed by atoms with Gasteiger partial charge in [-0.1, -0.05) is 29.3 Å². The maximum Gasteiger partial charge on any atom is 0.291 e. The summed E-state index contributed by atoms with van der Waals surface area (Å²) in [7, 11) is 0. The SMILES string of the molecule is O=C(Nc1ccc(F)c(Cl)c1)c1cc2cc3ccc(Cl)cc3nc2o1. The second kappa shape index (κ2) is 6.02. The van der Waals surface area contributed by atoms with Crippen LogP contribution in [0.4, 0.5) is 10.1 Å². The van der Waals surface area contributed by atoms with Crippen molar-refractivity contribution in [3.63, 3.8) is 0 Å². The number of halogens is 3. The van der Waals surface area contributed by atoms with Crippen molar-refractivity contribution < 1.29 is 13.6 Å². The highest BCUT2D eigenvalue weighted by Crippen LogP contribution is 2.26. The fourth-order valence-electron chi connectivity index (χ4n) is 2.48. The molecule has 1 amide bonds. The van der Waals surface area contributed by atoms with Gasteiger partial charge >= 0.3 is 0 Å². The Balaban J connectivity index is 1.69. The van der Waals surface area contributed by atoms with E-state index < -0.39 is 11.7 Å². The summed E-state index contributed by atoms with van der Waals surface area (Å²) in [6.45, 7) is 0. The van der Waals surface area contributed by atoms with E-state index in [1.807, 2.05) is 12.1 Å². The summed E-state index contributed by atoms with van der Waals surface area (Å²) >= 11 is 11.7. The predicted octanol–water partition coefficient (Wildman–Crippen LogP) is 5.68. The molecule has 1 N–H and O–H groups in total. The molecule has 2 aromatic carbocycles. The molecule has 0 unspecified atom stereocenters. The Bertz CT molecular complexity index is 1140. The number of carbonyl (C=O) groups excluding carboxylic acids is 1. The van der Waals surface area contributed by atoms with Crippen molar-refractivity contribution >= 4 is 56.8 Å². The van der Waals surface area contributed by atoms with E-state index in [2.05, 4.69) is 10.3 Å². The number of benzene rings is 2. The van der Waals surface area contributed by atoms with E-state index in [0.717, 1.165) is 5.39 Å². The van der Waals surface area contributed by atoms with Crippen LogP contribution < -0.4 is 5.32 Å². The van der Waals surface area contributed by atoms with E-state index in [1.54, 1.807) is 18.2 Å². The van der Waals surface area contributed by atoms with Gasteiger partial charge in [0, 0.05) is 21.5 Å². The van der Waals surface area contributed by atoms with E-state index in [1.165, 1.54) is 18.2 Å². The zero-order valence-electron chi connectivity index (χ0n) is 12.5. The molecular weight excluding hydrogens is 366 g/mol. The van der Waals surface area contributed by atoms with Crippen molar-refractivity contribution in [2.24, 2.45) is 0 Å². The third kappa shape index (κ3) is 3.04. The first kappa shape index (κ1) is 15.9. The largest absolute Gasteiger partial charge is 0.433 e. The molecule has 7 heteroatoms. The number of nitrogens with one attached hydrogen (secondary N) is 1. The maximum absolute atomic E-state index is 13.2. The molecule has 0 fully saturated rings. The van der Waals surface area contributed by atoms with Crippen LogP contribution in [-0.2, 0) is 0 Å². The Kier molecular flexibility index (Phi) is 3.82. The first-order valence-electron chi connectivity index (χ1n) is 7.26. The zero-order valence-corrected chi connectivity index (χ0v) is 14.0. The second-order valence-electron chi connectivity index (χ2n) is 5.41. The molecule has 0 saturated carbocycles. The molecule has 124 valence electrons. The Morgan fingerprint density at radius 2 is 1.88 bits per heavy atom. The average Bonchev–Trinajstić information content (AvgIpc) is 2.99. The number of amides is 1. The highest BCUT2D eigenvalue weighted by molar-refractivity contribution is 6.31. The smallest absolute Gasteiger partial charge is 0.291 e. The molecule has 0 aliphatic heterocycles. The Morgan fingerprint density at radius 3 is 2.68 bits per heavy atom. The monoisotopic (exact) mass is 374 g/mol. The fraction of sp³-hybridized carbons (Fsp3) is 0. The molecular formula is C18H9Cl2FN2O2. The van der Waals surface area contributed by atoms with Gasteiger partial charge in [-0.3, -0.25) is 4.79 Å². The Morgan fingerprint density at radius 1 is 1.04 bits per heavy atom. The molecule has 2 aromatic heterocycles. The van der Waals surface area contributed by atoms with Crippen molar-refractivity contribution in [1.29, 1.82) is 0 Å². The van der Waals surface area contributed by atoms with Crippen LogP contribution in [0.1, 0.15) is 10.6 Å². The van der Waals surface area contributed by atoms with Gasteiger partial charge in [0.1, 0.15) is 5.82 Å². The quantitative estimate of drug-likeness (QED) is 0.491. The minimum atomic E-state index is -0.557. The van der Waals surface area contributed by atoms with Crippen LogP contribution in [0.5, 0.6) is 0 Å². The molecule has 0 spiro atoms. The Labute approximate surface area is 151 Å². The van der Waals surface area contributed by atoms with E-state index in [4.69, 9.17) is 27.6 Å². The lowest BCUT2D eigenvalue weighted by Crippen LogP contribution is -2.10. The molecule has 0 saturated heterocycles. The molecule has 0 radical (unpaired) electrons. The minimum absolute atomic E-state index is 0.0767. The lowest BCUT2D eigenvalue weighted by Gasteiger charge is -2.03. The van der Waals surface area contributed by atoms with Crippen molar-refractivity contribution in [3.8, 4) is 0 Å². The van der Waals surface area contributed by atoms with Crippen LogP contribution in [-0.4, -0.2) is 10.9 Å². The van der Waals surface area contributed by atoms with Crippen LogP contribution in [0.2, 0.25) is 10.0 Å². The number of rotatable bonds is 2. The van der Waals surface area contributed by atoms with Gasteiger partial charge in [0.05, 0.1) is 10.5 Å². The number of furan rings is 1. The molecule has 0 bridgehead atoms. The fourth-order valence-corrected chi connectivity index (χ4v) is 2.82. The number of pyridine rings is 1. The highest BCUT2D eigenvalue weighted by Gasteiger charge is 2.15. The Hall–Kier alpha value is -2.63.